The van der Waals surface area contributed by atoms with Crippen LogP contribution in [0.5, 0.6) is 0 Å². The summed E-state index contributed by atoms with van der Waals surface area (Å²) in [5, 5.41) is 0. The van der Waals surface area contributed by atoms with Crippen molar-refractivity contribution in [1.29, 1.82) is 0 Å². The number of ether oxygens (including phenoxy) is 1. The lowest BCUT2D eigenvalue weighted by molar-refractivity contribution is -0.143. The van der Waals surface area contributed by atoms with Crippen LogP contribution in [0.2, 0.25) is 0 Å². The van der Waals surface area contributed by atoms with Crippen LogP contribution in [0, 0.1) is 0 Å². The van der Waals surface area contributed by atoms with Gasteiger partial charge in [0.2, 0.25) is 5.91 Å². The fourth-order valence-electron chi connectivity index (χ4n) is 2.64. The van der Waals surface area contributed by atoms with Crippen molar-refractivity contribution in [3.63, 3.8) is 0 Å². The van der Waals surface area contributed by atoms with Gasteiger partial charge in [0, 0.05) is 25.8 Å². The van der Waals surface area contributed by atoms with Gasteiger partial charge in [-0.05, 0) is 39.0 Å². The normalized spacial score (nSPS) is 28.4. The lowest BCUT2D eigenvalue weighted by Crippen LogP contribution is -2.60. The highest BCUT2D eigenvalue weighted by Crippen LogP contribution is 2.25. The van der Waals surface area contributed by atoms with Crippen molar-refractivity contribution < 1.29 is 9.53 Å². The number of nitrogens with zero attached hydrogens (tertiary/aromatic N) is 1. The SMILES string of the molecule is CC1CCCCN1C(=O)C1(N)CCOCC1.Cl. The number of amides is 1. The molecule has 2 fully saturated rings. The number of nitrogens with two attached hydrogens (primary N) is 1. The predicted octanol–water partition coefficient (Wildman–Crippen LogP) is 1.32. The van der Waals surface area contributed by atoms with Gasteiger partial charge >= 0.3 is 0 Å². The Morgan fingerprint density at radius 3 is 2.59 bits per heavy atom. The molecule has 0 aromatic rings. The molecule has 0 bridgehead atoms. The van der Waals surface area contributed by atoms with Crippen molar-refractivity contribution >= 4 is 18.3 Å². The topological polar surface area (TPSA) is 55.6 Å². The molecule has 4 nitrogen and oxygen atoms in total. The zero-order chi connectivity index (χ0) is 11.6. The van der Waals surface area contributed by atoms with Crippen LogP contribution in [0.25, 0.3) is 0 Å². The molecule has 1 atom stereocenters. The van der Waals surface area contributed by atoms with E-state index in [0.29, 0.717) is 32.1 Å². The van der Waals surface area contributed by atoms with Gasteiger partial charge in [0.15, 0.2) is 0 Å². The molecule has 0 spiro atoms. The summed E-state index contributed by atoms with van der Waals surface area (Å²) in [6, 6.07) is 0.351. The Balaban J connectivity index is 0.00000144. The van der Waals surface area contributed by atoms with Gasteiger partial charge in [-0.3, -0.25) is 4.79 Å². The van der Waals surface area contributed by atoms with Gasteiger partial charge in [0.25, 0.3) is 0 Å². The number of carbonyl (C=O) groups excluding carboxylic acids is 1. The van der Waals surface area contributed by atoms with Crippen LogP contribution in [-0.2, 0) is 9.53 Å². The first-order valence-electron chi connectivity index (χ1n) is 6.31. The van der Waals surface area contributed by atoms with E-state index in [4.69, 9.17) is 10.5 Å². The maximum atomic E-state index is 12.4. The highest BCUT2D eigenvalue weighted by atomic mass is 35.5. The van der Waals surface area contributed by atoms with E-state index in [0.717, 1.165) is 19.4 Å². The molecule has 0 aromatic carbocycles. The monoisotopic (exact) mass is 262 g/mol. The Kier molecular flexibility index (Phi) is 5.22. The standard InChI is InChI=1S/C12H22N2O2.ClH/c1-10-4-2-3-7-14(10)11(15)12(13)5-8-16-9-6-12;/h10H,2-9,13H2,1H3;1H. The minimum absolute atomic E-state index is 0. The minimum Gasteiger partial charge on any atom is -0.381 e. The molecular formula is C12H23ClN2O2. The van der Waals surface area contributed by atoms with E-state index in [-0.39, 0.29) is 18.3 Å². The molecule has 1 amide bonds. The Labute approximate surface area is 109 Å². The summed E-state index contributed by atoms with van der Waals surface area (Å²) in [7, 11) is 0. The zero-order valence-electron chi connectivity index (χ0n) is 10.5. The van der Waals surface area contributed by atoms with Crippen molar-refractivity contribution in [3.05, 3.63) is 0 Å². The third-order valence-corrected chi connectivity index (χ3v) is 3.87. The van der Waals surface area contributed by atoms with E-state index in [9.17, 15) is 4.79 Å². The highest BCUT2D eigenvalue weighted by molar-refractivity contribution is 5.86. The van der Waals surface area contributed by atoms with Crippen molar-refractivity contribution in [3.8, 4) is 0 Å². The smallest absolute Gasteiger partial charge is 0.243 e. The molecule has 2 rings (SSSR count). The number of likely N-dealkylation sites (tertiary alicyclic amines) is 1. The Morgan fingerprint density at radius 1 is 1.35 bits per heavy atom. The molecular weight excluding hydrogens is 240 g/mol. The first-order chi connectivity index (χ1) is 7.63. The summed E-state index contributed by atoms with van der Waals surface area (Å²) in [4.78, 5) is 14.4. The molecule has 2 aliphatic heterocycles. The summed E-state index contributed by atoms with van der Waals surface area (Å²) in [6.07, 6.45) is 4.77. The van der Waals surface area contributed by atoms with Crippen molar-refractivity contribution in [1.82, 2.24) is 4.90 Å². The predicted molar refractivity (Wildman–Crippen MR) is 69.2 cm³/mol. The van der Waals surface area contributed by atoms with Gasteiger partial charge in [-0.1, -0.05) is 0 Å². The highest BCUT2D eigenvalue weighted by Gasteiger charge is 2.40. The second-order valence-electron chi connectivity index (χ2n) is 5.11. The second kappa shape index (κ2) is 6.03. The molecule has 2 N–H and O–H groups in total. The third kappa shape index (κ3) is 3.12. The Hall–Kier alpha value is -0.320. The summed E-state index contributed by atoms with van der Waals surface area (Å²) in [5.74, 6) is 0.142. The van der Waals surface area contributed by atoms with Crippen LogP contribution < -0.4 is 5.73 Å². The van der Waals surface area contributed by atoms with Crippen molar-refractivity contribution in [2.45, 2.75) is 50.6 Å². The number of carbonyl (C=O) groups is 1. The van der Waals surface area contributed by atoms with E-state index in [2.05, 4.69) is 6.92 Å². The largest absolute Gasteiger partial charge is 0.381 e. The van der Waals surface area contributed by atoms with Gasteiger partial charge in [-0.2, -0.15) is 0 Å². The zero-order valence-corrected chi connectivity index (χ0v) is 11.3. The molecule has 0 saturated carbocycles. The summed E-state index contributed by atoms with van der Waals surface area (Å²) in [6.45, 7) is 4.23. The average molecular weight is 263 g/mol. The Morgan fingerprint density at radius 2 is 2.00 bits per heavy atom. The van der Waals surface area contributed by atoms with E-state index in [1.54, 1.807) is 0 Å². The first-order valence-corrected chi connectivity index (χ1v) is 6.31. The molecule has 2 heterocycles. The van der Waals surface area contributed by atoms with Crippen LogP contribution in [0.1, 0.15) is 39.0 Å². The molecule has 1 unspecified atom stereocenters. The summed E-state index contributed by atoms with van der Waals surface area (Å²) >= 11 is 0. The minimum atomic E-state index is -0.663. The molecule has 2 aliphatic rings. The van der Waals surface area contributed by atoms with E-state index >= 15 is 0 Å². The van der Waals surface area contributed by atoms with Gasteiger partial charge in [0.1, 0.15) is 0 Å². The van der Waals surface area contributed by atoms with E-state index in [1.807, 2.05) is 4.90 Å². The number of hydrogen-bond donors (Lipinski definition) is 1. The van der Waals surface area contributed by atoms with Crippen LogP contribution >= 0.6 is 12.4 Å². The lowest BCUT2D eigenvalue weighted by Gasteiger charge is -2.41. The molecule has 17 heavy (non-hydrogen) atoms. The van der Waals surface area contributed by atoms with Gasteiger partial charge in [0.05, 0.1) is 5.54 Å². The molecule has 2 saturated heterocycles. The van der Waals surface area contributed by atoms with Crippen molar-refractivity contribution in [2.75, 3.05) is 19.8 Å². The fourth-order valence-corrected chi connectivity index (χ4v) is 2.64. The van der Waals surface area contributed by atoms with Gasteiger partial charge in [-0.25, -0.2) is 0 Å². The number of halogens is 1. The quantitative estimate of drug-likeness (QED) is 0.775. The molecule has 100 valence electrons. The number of rotatable bonds is 1. The van der Waals surface area contributed by atoms with E-state index < -0.39 is 5.54 Å². The molecule has 0 aromatic heterocycles. The van der Waals surface area contributed by atoms with E-state index in [1.165, 1.54) is 6.42 Å². The summed E-state index contributed by atoms with van der Waals surface area (Å²) < 4.78 is 5.28. The maximum absolute atomic E-state index is 12.4. The average Bonchev–Trinajstić information content (AvgIpc) is 2.30. The van der Waals surface area contributed by atoms with Crippen LogP contribution in [0.3, 0.4) is 0 Å². The molecule has 0 radical (unpaired) electrons. The van der Waals surface area contributed by atoms with Crippen molar-refractivity contribution in [2.24, 2.45) is 5.73 Å². The third-order valence-electron chi connectivity index (χ3n) is 3.87. The summed E-state index contributed by atoms with van der Waals surface area (Å²) in [5.41, 5.74) is 5.56. The maximum Gasteiger partial charge on any atom is 0.243 e. The lowest BCUT2D eigenvalue weighted by atomic mass is 9.88. The molecule has 5 heteroatoms. The van der Waals surface area contributed by atoms with Crippen LogP contribution in [-0.4, -0.2) is 42.1 Å². The first kappa shape index (κ1) is 14.7. The molecule has 0 aliphatic carbocycles. The number of piperidine rings is 1. The fraction of sp³-hybridized carbons (Fsp3) is 0.917. The Bertz CT molecular complexity index is 267. The number of hydrogen-bond acceptors (Lipinski definition) is 3. The van der Waals surface area contributed by atoms with Gasteiger partial charge < -0.3 is 15.4 Å². The van der Waals surface area contributed by atoms with Crippen LogP contribution in [0.15, 0.2) is 0 Å². The van der Waals surface area contributed by atoms with Gasteiger partial charge in [-0.15, -0.1) is 12.4 Å². The second-order valence-corrected chi connectivity index (χ2v) is 5.11. The van der Waals surface area contributed by atoms with Crippen LogP contribution in [0.4, 0.5) is 0 Å².